The largest absolute Gasteiger partial charge is 0.508 e. The van der Waals surface area contributed by atoms with Gasteiger partial charge in [-0.15, -0.1) is 0 Å². The summed E-state index contributed by atoms with van der Waals surface area (Å²) in [6, 6.07) is 12.0. The molecule has 0 aromatic heterocycles. The maximum atomic E-state index is 9.43. The Morgan fingerprint density at radius 3 is 2.48 bits per heavy atom. The van der Waals surface area contributed by atoms with E-state index in [4.69, 9.17) is 27.8 Å². The van der Waals surface area contributed by atoms with Crippen LogP contribution in [-0.2, 0) is 6.42 Å². The highest BCUT2D eigenvalue weighted by molar-refractivity contribution is 6.33. The molecule has 6 heteroatoms. The third-order valence-corrected chi connectivity index (χ3v) is 4.12. The summed E-state index contributed by atoms with van der Waals surface area (Å²) in [5, 5.41) is 13.3. The van der Waals surface area contributed by atoms with Gasteiger partial charge in [0.15, 0.2) is 0 Å². The summed E-state index contributed by atoms with van der Waals surface area (Å²) in [6.07, 6.45) is 2.50. The lowest BCUT2D eigenvalue weighted by molar-refractivity contribution is 0.415. The van der Waals surface area contributed by atoms with Crippen molar-refractivity contribution in [3.05, 3.63) is 64.8 Å². The Morgan fingerprint density at radius 1 is 1.24 bits per heavy atom. The molecule has 25 heavy (non-hydrogen) atoms. The smallest absolute Gasteiger partial charge is 0.120 e. The van der Waals surface area contributed by atoms with Gasteiger partial charge in [-0.3, -0.25) is 0 Å². The molecule has 0 bridgehead atoms. The highest BCUT2D eigenvalue weighted by Gasteiger charge is 2.10. The molecule has 0 fully saturated rings. The molecular formula is C19H24ClN3O2. The number of ether oxygens (including phenoxy) is 1. The van der Waals surface area contributed by atoms with E-state index >= 15 is 0 Å². The zero-order chi connectivity index (χ0) is 18.4. The summed E-state index contributed by atoms with van der Waals surface area (Å²) < 4.78 is 5.17. The molecule has 0 aliphatic rings. The van der Waals surface area contributed by atoms with Crippen LogP contribution in [0, 0.1) is 0 Å². The van der Waals surface area contributed by atoms with Crippen LogP contribution < -0.4 is 21.5 Å². The van der Waals surface area contributed by atoms with Crippen LogP contribution in [0.1, 0.15) is 12.5 Å². The molecule has 2 atom stereocenters. The zero-order valence-corrected chi connectivity index (χ0v) is 15.1. The number of hydrogen-bond donors (Lipinski definition) is 4. The van der Waals surface area contributed by atoms with E-state index in [1.54, 1.807) is 25.3 Å². The molecule has 0 spiro atoms. The van der Waals surface area contributed by atoms with Crippen LogP contribution in [0.5, 0.6) is 11.5 Å². The molecule has 0 radical (unpaired) electrons. The standard InChI is InChI=1S/C19H24ClN3O2/c1-12(21)18(22)10-14(9-13-3-5-15(24)6-4-13)23-19-8-7-16(25-2)11-17(19)20/h3-8,10-12,18,23-24H,9,21-22H2,1-2H3/b14-10-. The fourth-order valence-electron chi connectivity index (χ4n) is 2.26. The fourth-order valence-corrected chi connectivity index (χ4v) is 2.48. The second-order valence-corrected chi connectivity index (χ2v) is 6.35. The molecule has 5 nitrogen and oxygen atoms in total. The van der Waals surface area contributed by atoms with E-state index in [0.717, 1.165) is 16.9 Å². The van der Waals surface area contributed by atoms with E-state index in [-0.39, 0.29) is 17.8 Å². The number of benzene rings is 2. The van der Waals surface area contributed by atoms with Crippen molar-refractivity contribution in [3.63, 3.8) is 0 Å². The lowest BCUT2D eigenvalue weighted by atomic mass is 10.0. The van der Waals surface area contributed by atoms with Crippen LogP contribution in [0.25, 0.3) is 0 Å². The second-order valence-electron chi connectivity index (χ2n) is 5.94. The minimum absolute atomic E-state index is 0.178. The number of phenols is 1. The predicted molar refractivity (Wildman–Crippen MR) is 103 cm³/mol. The molecule has 2 rings (SSSR count). The quantitative estimate of drug-likeness (QED) is 0.607. The number of nitrogens with two attached hydrogens (primary N) is 2. The summed E-state index contributed by atoms with van der Waals surface area (Å²) in [5.74, 6) is 0.916. The van der Waals surface area contributed by atoms with Crippen LogP contribution in [0.15, 0.2) is 54.2 Å². The Labute approximate surface area is 153 Å². The maximum Gasteiger partial charge on any atom is 0.120 e. The van der Waals surface area contributed by atoms with Gasteiger partial charge in [0.25, 0.3) is 0 Å². The first kappa shape index (κ1) is 19.1. The fraction of sp³-hybridized carbons (Fsp3) is 0.263. The van der Waals surface area contributed by atoms with Gasteiger partial charge in [0.05, 0.1) is 17.8 Å². The van der Waals surface area contributed by atoms with E-state index in [1.165, 1.54) is 0 Å². The van der Waals surface area contributed by atoms with Crippen molar-refractivity contribution in [1.29, 1.82) is 0 Å². The van der Waals surface area contributed by atoms with Gasteiger partial charge in [-0.2, -0.15) is 0 Å². The number of aromatic hydroxyl groups is 1. The number of hydrogen-bond acceptors (Lipinski definition) is 5. The van der Waals surface area contributed by atoms with Crippen LogP contribution in [0.3, 0.4) is 0 Å². The van der Waals surface area contributed by atoms with Gasteiger partial charge in [-0.05, 0) is 42.8 Å². The third-order valence-electron chi connectivity index (χ3n) is 3.80. The van der Waals surface area contributed by atoms with E-state index in [2.05, 4.69) is 5.32 Å². The molecule has 0 aliphatic carbocycles. The Bertz CT molecular complexity index is 730. The van der Waals surface area contributed by atoms with Gasteiger partial charge < -0.3 is 26.6 Å². The first-order chi connectivity index (χ1) is 11.9. The van der Waals surface area contributed by atoms with Gasteiger partial charge >= 0.3 is 0 Å². The normalized spacial score (nSPS) is 14.0. The highest BCUT2D eigenvalue weighted by Crippen LogP contribution is 2.28. The van der Waals surface area contributed by atoms with E-state index in [1.807, 2.05) is 37.3 Å². The molecule has 6 N–H and O–H groups in total. The SMILES string of the molecule is COc1ccc(N/C(=C\C(N)C(C)N)Cc2ccc(O)cc2)c(Cl)c1. The van der Waals surface area contributed by atoms with Gasteiger partial charge in [-0.1, -0.05) is 23.7 Å². The summed E-state index contributed by atoms with van der Waals surface area (Å²) in [5.41, 5.74) is 14.6. The minimum Gasteiger partial charge on any atom is -0.508 e. The average molecular weight is 362 g/mol. The number of nitrogens with one attached hydrogen (secondary N) is 1. The molecule has 0 aliphatic heterocycles. The van der Waals surface area contributed by atoms with Crippen LogP contribution in [0.2, 0.25) is 5.02 Å². The van der Waals surface area contributed by atoms with Crippen molar-refractivity contribution in [1.82, 2.24) is 0 Å². The number of anilines is 1. The average Bonchev–Trinajstić information content (AvgIpc) is 2.58. The molecule has 2 unspecified atom stereocenters. The number of phenolic OH excluding ortho intramolecular Hbond substituents is 1. The number of allylic oxidation sites excluding steroid dienone is 1. The Balaban J connectivity index is 2.26. The molecule has 2 aromatic rings. The van der Waals surface area contributed by atoms with Crippen molar-refractivity contribution in [2.45, 2.75) is 25.4 Å². The minimum atomic E-state index is -0.295. The highest BCUT2D eigenvalue weighted by atomic mass is 35.5. The van der Waals surface area contributed by atoms with Gasteiger partial charge in [0, 0.05) is 30.3 Å². The van der Waals surface area contributed by atoms with E-state index < -0.39 is 0 Å². The van der Waals surface area contributed by atoms with Crippen molar-refractivity contribution in [2.24, 2.45) is 11.5 Å². The molecular weight excluding hydrogens is 338 g/mol. The maximum absolute atomic E-state index is 9.43. The molecule has 0 heterocycles. The monoisotopic (exact) mass is 361 g/mol. The lowest BCUT2D eigenvalue weighted by Gasteiger charge is -2.18. The van der Waals surface area contributed by atoms with Crippen molar-refractivity contribution >= 4 is 17.3 Å². The number of rotatable bonds is 7. The summed E-state index contributed by atoms with van der Waals surface area (Å²) >= 11 is 6.32. The van der Waals surface area contributed by atoms with Crippen molar-refractivity contribution in [2.75, 3.05) is 12.4 Å². The second kappa shape index (κ2) is 8.76. The van der Waals surface area contributed by atoms with Gasteiger partial charge in [0.1, 0.15) is 11.5 Å². The van der Waals surface area contributed by atoms with Gasteiger partial charge in [0.2, 0.25) is 0 Å². The molecule has 0 saturated carbocycles. The Hall–Kier alpha value is -2.21. The molecule has 0 saturated heterocycles. The molecule has 0 amide bonds. The number of methoxy groups -OCH3 is 1. The summed E-state index contributed by atoms with van der Waals surface area (Å²) in [6.45, 7) is 1.86. The summed E-state index contributed by atoms with van der Waals surface area (Å²) in [4.78, 5) is 0. The Morgan fingerprint density at radius 2 is 1.92 bits per heavy atom. The van der Waals surface area contributed by atoms with Gasteiger partial charge in [-0.25, -0.2) is 0 Å². The Kier molecular flexibility index (Phi) is 6.70. The predicted octanol–water partition coefficient (Wildman–Crippen LogP) is 3.27. The van der Waals surface area contributed by atoms with Crippen molar-refractivity contribution in [3.8, 4) is 11.5 Å². The number of halogens is 1. The topological polar surface area (TPSA) is 93.5 Å². The first-order valence-electron chi connectivity index (χ1n) is 7.99. The molecule has 134 valence electrons. The van der Waals surface area contributed by atoms with Crippen LogP contribution in [0.4, 0.5) is 5.69 Å². The van der Waals surface area contributed by atoms with Crippen LogP contribution >= 0.6 is 11.6 Å². The third kappa shape index (κ3) is 5.67. The lowest BCUT2D eigenvalue weighted by Crippen LogP contribution is -2.37. The van der Waals surface area contributed by atoms with E-state index in [0.29, 0.717) is 17.2 Å². The first-order valence-corrected chi connectivity index (χ1v) is 8.37. The van der Waals surface area contributed by atoms with Crippen molar-refractivity contribution < 1.29 is 9.84 Å². The zero-order valence-electron chi connectivity index (χ0n) is 14.4. The summed E-state index contributed by atoms with van der Waals surface area (Å²) in [7, 11) is 1.59. The van der Waals surface area contributed by atoms with Crippen LogP contribution in [-0.4, -0.2) is 24.3 Å². The van der Waals surface area contributed by atoms with E-state index in [9.17, 15) is 5.11 Å². The molecule has 2 aromatic carbocycles.